The van der Waals surface area contributed by atoms with Gasteiger partial charge in [-0.15, -0.1) is 0 Å². The molecule has 0 radical (unpaired) electrons. The minimum Gasteiger partial charge on any atom is -0.527 e. The molecule has 0 aromatic heterocycles. The largest absolute Gasteiger partial charge is 0.527 e. The number of hydrogen-bond acceptors (Lipinski definition) is 4. The molecule has 12 heteroatoms. The molecular weight excluding hydrogens is 889 g/mol. The average Bonchev–Trinajstić information content (AvgIpc) is 3.28. The highest BCUT2D eigenvalue weighted by Gasteiger charge is 2.75. The van der Waals surface area contributed by atoms with Gasteiger partial charge in [-0.1, -0.05) is 278 Å². The van der Waals surface area contributed by atoms with Gasteiger partial charge >= 0.3 is 0 Å². The number of carbonyl (C=O) groups excluding carboxylic acids is 2. The van der Waals surface area contributed by atoms with E-state index < -0.39 is 59.3 Å². The van der Waals surface area contributed by atoms with Gasteiger partial charge in [0.1, 0.15) is 0 Å². The lowest BCUT2D eigenvalue weighted by molar-refractivity contribution is -0.137. The molecule has 1 atom stereocenters. The number of allylic oxidation sites excluding steroid dienone is 2. The summed E-state index contributed by atoms with van der Waals surface area (Å²) in [4.78, 5) is 30.4. The summed E-state index contributed by atoms with van der Waals surface area (Å²) < 4.78 is 15.7. The summed E-state index contributed by atoms with van der Waals surface area (Å²) in [5, 5.41) is 0. The third kappa shape index (κ3) is 11.4. The molecule has 0 rings (SSSR count). The first-order valence-corrected chi connectivity index (χ1v) is 52.5. The van der Waals surface area contributed by atoms with Gasteiger partial charge in [0.25, 0.3) is 11.9 Å². The molecule has 0 aliphatic carbocycles. The zero-order chi connectivity index (χ0) is 48.3. The molecule has 1 unspecified atom stereocenters. The van der Waals surface area contributed by atoms with Crippen LogP contribution in [-0.2, 0) is 18.4 Å². The Morgan fingerprint density at radius 2 is 0.661 bits per heavy atom. The van der Waals surface area contributed by atoms with Gasteiger partial charge in [-0.25, -0.2) is 0 Å². The minimum absolute atomic E-state index is 0.0484. The standard InChI is InChI=1S/C50H110O4Si8/c1-22-55(23-2,24-3)61(56(25-4,26-5)27-6,57(28-7,29-8)30-9)53-48(51)45-41-40-43-47(44-42-46-50(19,20)21)49(52)54-62(58(31-10,32-11)33-12,59(34-13,35-14)36-15)60(37-16,38-17)39-18/h40-42,44,47H,22-39,43,45-46H2,1-21H3/b41-40+,44-42+. The Bertz CT molecular complexity index is 1200. The van der Waals surface area contributed by atoms with Crippen molar-refractivity contribution < 1.29 is 18.4 Å². The van der Waals surface area contributed by atoms with Crippen molar-refractivity contribution in [2.75, 3.05) is 0 Å². The van der Waals surface area contributed by atoms with Crippen molar-refractivity contribution in [3.05, 3.63) is 24.3 Å². The van der Waals surface area contributed by atoms with E-state index in [-0.39, 0.29) is 23.3 Å². The third-order valence-electron chi connectivity index (χ3n) is 19.4. The predicted molar refractivity (Wildman–Crippen MR) is 302 cm³/mol. The van der Waals surface area contributed by atoms with Crippen LogP contribution in [0.3, 0.4) is 0 Å². The average molecular weight is 1000 g/mol. The van der Waals surface area contributed by atoms with Gasteiger partial charge in [-0.05, 0) is 18.3 Å². The molecule has 0 fully saturated rings. The lowest BCUT2D eigenvalue weighted by Crippen LogP contribution is -2.90. The van der Waals surface area contributed by atoms with Gasteiger partial charge in [-0.3, -0.25) is 9.59 Å². The normalized spacial score (nSPS) is 14.9. The molecule has 0 aromatic carbocycles. The van der Waals surface area contributed by atoms with Crippen LogP contribution in [0.2, 0.25) is 109 Å². The van der Waals surface area contributed by atoms with Crippen molar-refractivity contribution in [2.24, 2.45) is 11.3 Å². The predicted octanol–water partition coefficient (Wildman–Crippen LogP) is 17.4. The molecule has 0 spiro atoms. The van der Waals surface area contributed by atoms with Gasteiger partial charge in [0.2, 0.25) is 13.7 Å². The fraction of sp³-hybridized carbons (Fsp3) is 0.880. The van der Waals surface area contributed by atoms with Crippen LogP contribution in [0.1, 0.15) is 165 Å². The third-order valence-corrected chi connectivity index (χ3v) is 159. The van der Waals surface area contributed by atoms with Crippen LogP contribution in [0.4, 0.5) is 0 Å². The summed E-state index contributed by atoms with van der Waals surface area (Å²) in [5.74, 6) is -0.212. The molecule has 0 amide bonds. The van der Waals surface area contributed by atoms with E-state index in [1.54, 1.807) is 0 Å². The van der Waals surface area contributed by atoms with Gasteiger partial charge < -0.3 is 8.85 Å². The molecule has 0 aromatic rings. The molecule has 0 saturated heterocycles. The van der Waals surface area contributed by atoms with Crippen molar-refractivity contribution in [3.63, 3.8) is 0 Å². The summed E-state index contributed by atoms with van der Waals surface area (Å²) in [5.41, 5.74) is 0.132. The monoisotopic (exact) mass is 999 g/mol. The second-order valence-corrected chi connectivity index (χ2v) is 93.0. The van der Waals surface area contributed by atoms with E-state index in [9.17, 15) is 4.79 Å². The molecule has 0 aliphatic heterocycles. The highest BCUT2D eigenvalue weighted by atomic mass is 29.9. The maximum absolute atomic E-state index is 15.6. The van der Waals surface area contributed by atoms with E-state index >= 15 is 4.79 Å². The van der Waals surface area contributed by atoms with Crippen LogP contribution >= 0.6 is 0 Å². The van der Waals surface area contributed by atoms with Crippen LogP contribution in [0.25, 0.3) is 0 Å². The fourth-order valence-electron chi connectivity index (χ4n) is 14.7. The van der Waals surface area contributed by atoms with E-state index in [0.29, 0.717) is 12.8 Å². The smallest absolute Gasteiger partial charge is 0.299 e. The molecule has 0 N–H and O–H groups in total. The van der Waals surface area contributed by atoms with E-state index in [2.05, 4.69) is 170 Å². The Labute approximate surface area is 396 Å². The van der Waals surface area contributed by atoms with E-state index in [4.69, 9.17) is 8.85 Å². The first-order chi connectivity index (χ1) is 29.2. The summed E-state index contributed by atoms with van der Waals surface area (Å²) in [7, 11) is -11.7. The van der Waals surface area contributed by atoms with Gasteiger partial charge in [0.05, 0.1) is 57.9 Å². The van der Waals surface area contributed by atoms with Crippen molar-refractivity contribution in [3.8, 4) is 0 Å². The number of carbonyl (C=O) groups is 2. The van der Waals surface area contributed by atoms with Gasteiger partial charge in [0, 0.05) is 0 Å². The Kier molecular flexibility index (Phi) is 27.3. The molecule has 0 heterocycles. The van der Waals surface area contributed by atoms with Gasteiger partial charge in [-0.2, -0.15) is 0 Å². The van der Waals surface area contributed by atoms with E-state index in [1.807, 2.05) is 0 Å². The van der Waals surface area contributed by atoms with Crippen LogP contribution in [0, 0.1) is 11.3 Å². The zero-order valence-corrected chi connectivity index (χ0v) is 53.9. The topological polar surface area (TPSA) is 52.6 Å². The summed E-state index contributed by atoms with van der Waals surface area (Å²) in [6.07, 6.45) is 10.6. The quantitative estimate of drug-likeness (QED) is 0.0486. The molecular formula is C50H110O4Si8. The fourth-order valence-corrected chi connectivity index (χ4v) is 213. The minimum atomic E-state index is -2.56. The number of rotatable bonds is 33. The molecule has 0 aliphatic rings. The Morgan fingerprint density at radius 3 is 0.903 bits per heavy atom. The van der Waals surface area contributed by atoms with E-state index in [0.717, 1.165) is 6.42 Å². The second kappa shape index (κ2) is 27.2. The first kappa shape index (κ1) is 62.2. The molecule has 366 valence electrons. The molecule has 0 saturated carbocycles. The van der Waals surface area contributed by atoms with Crippen molar-refractivity contribution in [1.82, 2.24) is 0 Å². The van der Waals surface area contributed by atoms with Gasteiger partial charge in [0.15, 0.2) is 0 Å². The first-order valence-electron chi connectivity index (χ1n) is 26.9. The summed E-state index contributed by atoms with van der Waals surface area (Å²) >= 11 is 0. The Balaban J connectivity index is 7.89. The van der Waals surface area contributed by atoms with Crippen LogP contribution in [-0.4, -0.2) is 71.2 Å². The Morgan fingerprint density at radius 1 is 0.403 bits per heavy atom. The summed E-state index contributed by atoms with van der Waals surface area (Å²) in [6, 6.07) is 22.5. The van der Waals surface area contributed by atoms with Crippen LogP contribution < -0.4 is 0 Å². The maximum Gasteiger partial charge on any atom is 0.299 e. The molecule has 0 bridgehead atoms. The van der Waals surface area contributed by atoms with E-state index in [1.165, 1.54) is 109 Å². The lowest BCUT2D eigenvalue weighted by Gasteiger charge is -2.63. The van der Waals surface area contributed by atoms with Crippen molar-refractivity contribution in [2.45, 2.75) is 273 Å². The number of hydrogen-bond donors (Lipinski definition) is 0. The van der Waals surface area contributed by atoms with Crippen molar-refractivity contribution >= 4 is 71.2 Å². The molecule has 62 heavy (non-hydrogen) atoms. The highest BCUT2D eigenvalue weighted by Crippen LogP contribution is 2.53. The maximum atomic E-state index is 15.6. The summed E-state index contributed by atoms with van der Waals surface area (Å²) in [6.45, 7) is 46.5. The SMILES string of the molecule is CC[Si](CC)(CC)[Si](OC(=O)C/C=C/CC(/C=C/CC(C)(C)C)C(=O)O[Si]([Si](CC)(CC)CC)([Si](CC)(CC)CC)[Si](CC)(CC)CC)([Si](CC)(CC)CC)[Si](CC)(CC)CC. The Hall–Kier alpha value is 0.155. The van der Waals surface area contributed by atoms with Crippen molar-refractivity contribution in [1.29, 1.82) is 0 Å². The zero-order valence-electron chi connectivity index (χ0n) is 45.9. The lowest BCUT2D eigenvalue weighted by atomic mass is 9.91. The second-order valence-electron chi connectivity index (χ2n) is 21.0. The molecule has 4 nitrogen and oxygen atoms in total. The van der Waals surface area contributed by atoms with Crippen LogP contribution in [0.15, 0.2) is 24.3 Å². The highest BCUT2D eigenvalue weighted by molar-refractivity contribution is 7.89. The van der Waals surface area contributed by atoms with Crippen LogP contribution in [0.5, 0.6) is 0 Å².